The molecule has 0 fully saturated rings. The molecule has 0 unspecified atom stereocenters. The van der Waals surface area contributed by atoms with E-state index in [-0.39, 0.29) is 13.7 Å². The molecule has 216 valence electrons. The van der Waals surface area contributed by atoms with E-state index in [1.54, 1.807) is 0 Å². The van der Waals surface area contributed by atoms with Gasteiger partial charge in [0.25, 0.3) is 0 Å². The minimum absolute atomic E-state index is 0.273. The van der Waals surface area contributed by atoms with Crippen LogP contribution in [0.2, 0.25) is 0 Å². The molecule has 0 radical (unpaired) electrons. The maximum Gasteiger partial charge on any atom is 0.762 e. The van der Waals surface area contributed by atoms with E-state index >= 15 is 0 Å². The van der Waals surface area contributed by atoms with Gasteiger partial charge in [0.1, 0.15) is 0 Å². The normalized spacial score (nSPS) is 8.74. The lowest BCUT2D eigenvalue weighted by molar-refractivity contribution is 0.162. The topological polar surface area (TPSA) is 27.7 Å². The Bertz CT molecular complexity index is 226. The molecule has 0 aliphatic rings. The number of ether oxygens (including phenoxy) is 3. The van der Waals surface area contributed by atoms with Crippen LogP contribution in [0, 0.1) is 0 Å². The third-order valence-electron chi connectivity index (χ3n) is 2.32. The molecule has 13 heteroatoms. The molecule has 0 aromatic carbocycles. The Morgan fingerprint density at radius 3 is 0.529 bits per heavy atom. The van der Waals surface area contributed by atoms with Crippen LogP contribution in [0.25, 0.3) is 0 Å². The maximum absolute atomic E-state index is 9.67. The summed E-state index contributed by atoms with van der Waals surface area (Å²) >= 11 is 23.8. The Balaban J connectivity index is -0.0000000501. The van der Waals surface area contributed by atoms with Crippen molar-refractivity contribution in [3.05, 3.63) is 0 Å². The monoisotopic (exact) mass is 614 g/mol. The lowest BCUT2D eigenvalue weighted by Crippen LogP contribution is -1.84. The van der Waals surface area contributed by atoms with E-state index in [4.69, 9.17) is 14.2 Å². The van der Waals surface area contributed by atoms with E-state index in [1.165, 1.54) is 0 Å². The molecule has 0 atom stereocenters. The van der Waals surface area contributed by atoms with Gasteiger partial charge in [-0.1, -0.05) is 20.8 Å². The fourth-order valence-corrected chi connectivity index (χ4v) is 0.612. The van der Waals surface area contributed by atoms with Gasteiger partial charge in [-0.2, -0.15) is 75.8 Å². The number of thiol groups is 6. The summed E-state index contributed by atoms with van der Waals surface area (Å²) in [7, 11) is -3.67. The zero-order chi connectivity index (χ0) is 28.8. The van der Waals surface area contributed by atoms with Gasteiger partial charge in [0.15, 0.2) is 0 Å². The van der Waals surface area contributed by atoms with Gasteiger partial charge in [-0.15, -0.1) is 0 Å². The van der Waals surface area contributed by atoms with Crippen LogP contribution in [0.3, 0.4) is 0 Å². The first-order valence-corrected chi connectivity index (χ1v) is 14.6. The molecule has 0 amide bonds. The second-order valence-electron chi connectivity index (χ2n) is 5.26. The first kappa shape index (κ1) is 52.3. The zero-order valence-electron chi connectivity index (χ0n) is 22.7. The lowest BCUT2D eigenvalue weighted by atomic mass is 10.5. The molecule has 3 nitrogen and oxygen atoms in total. The molecule has 0 aliphatic carbocycles. The van der Waals surface area contributed by atoms with Gasteiger partial charge in [0, 0.05) is 53.4 Å². The predicted molar refractivity (Wildman–Crippen MR) is 172 cm³/mol. The van der Waals surface area contributed by atoms with Crippen LogP contribution in [-0.4, -0.2) is 60.9 Å². The van der Waals surface area contributed by atoms with Gasteiger partial charge in [-0.25, -0.2) is 0 Å². The Kier molecular flexibility index (Phi) is 91.9. The molecular formula is C21H54BF3O3S6. The third-order valence-corrected chi connectivity index (χ3v) is 4.51. The van der Waals surface area contributed by atoms with Crippen molar-refractivity contribution in [3.63, 3.8) is 0 Å². The summed E-state index contributed by atoms with van der Waals surface area (Å²) in [5.41, 5.74) is 0. The SMILES string of the molecule is CCC(S)S.CCC(S)S.CCC(S)S.CCOCC.CCOCC.CCOCC.FB(F)F. The number of halogens is 3. The van der Waals surface area contributed by atoms with Gasteiger partial charge in [0.2, 0.25) is 0 Å². The molecule has 0 aromatic heterocycles. The second-order valence-corrected chi connectivity index (χ2v) is 10.2. The molecule has 0 aromatic rings. The van der Waals surface area contributed by atoms with Crippen LogP contribution < -0.4 is 0 Å². The fraction of sp³-hybridized carbons (Fsp3) is 1.00. The molecular weight excluding hydrogens is 560 g/mol. The standard InChI is InChI=1S/3C4H10O.3C3H8S2.BF3/c3*1-3-5-4-2;3*1-2-3(4)5;2-1(3)4/h3*3-4H2,1-2H3;3*3-5H,2H2,1H3;. The number of rotatable bonds is 9. The Morgan fingerprint density at radius 1 is 0.441 bits per heavy atom. The Hall–Kier alpha value is 1.83. The van der Waals surface area contributed by atoms with E-state index in [9.17, 15) is 12.9 Å². The summed E-state index contributed by atoms with van der Waals surface area (Å²) in [6.07, 6.45) is 3.10. The van der Waals surface area contributed by atoms with Crippen LogP contribution in [0.4, 0.5) is 12.9 Å². The molecule has 0 aliphatic heterocycles. The van der Waals surface area contributed by atoms with Crippen molar-refractivity contribution >= 4 is 83.3 Å². The highest BCUT2D eigenvalue weighted by atomic mass is 32.2. The highest BCUT2D eigenvalue weighted by Gasteiger charge is 2.06. The summed E-state index contributed by atoms with van der Waals surface area (Å²) < 4.78 is 44.3. The molecule has 0 rings (SSSR count). The first-order chi connectivity index (χ1) is 15.8. The average molecular weight is 615 g/mol. The summed E-state index contributed by atoms with van der Waals surface area (Å²) in [5, 5.41) is 0. The summed E-state index contributed by atoms with van der Waals surface area (Å²) in [5.74, 6) is 0. The summed E-state index contributed by atoms with van der Waals surface area (Å²) in [6, 6.07) is 0. The van der Waals surface area contributed by atoms with E-state index in [0.29, 0.717) is 0 Å². The van der Waals surface area contributed by atoms with Crippen LogP contribution in [0.15, 0.2) is 0 Å². The molecule has 34 heavy (non-hydrogen) atoms. The molecule has 0 saturated heterocycles. The summed E-state index contributed by atoms with van der Waals surface area (Å²) in [6.45, 7) is 23.1. The van der Waals surface area contributed by atoms with Crippen molar-refractivity contribution in [2.75, 3.05) is 39.6 Å². The largest absolute Gasteiger partial charge is 0.762 e. The quantitative estimate of drug-likeness (QED) is 0.0891. The first-order valence-electron chi connectivity index (χ1n) is 11.5. The van der Waals surface area contributed by atoms with E-state index < -0.39 is 7.54 Å². The van der Waals surface area contributed by atoms with Crippen LogP contribution in [0.1, 0.15) is 81.6 Å². The van der Waals surface area contributed by atoms with Gasteiger partial charge < -0.3 is 14.2 Å². The van der Waals surface area contributed by atoms with Gasteiger partial charge in [-0.05, 0) is 60.8 Å². The van der Waals surface area contributed by atoms with Crippen molar-refractivity contribution in [3.8, 4) is 0 Å². The molecule has 0 N–H and O–H groups in total. The third kappa shape index (κ3) is 191. The molecule has 0 spiro atoms. The number of hydrogen-bond acceptors (Lipinski definition) is 9. The zero-order valence-corrected chi connectivity index (χ0v) is 28.1. The van der Waals surface area contributed by atoms with E-state index in [2.05, 4.69) is 75.8 Å². The smallest absolute Gasteiger partial charge is 0.382 e. The van der Waals surface area contributed by atoms with Crippen molar-refractivity contribution in [2.45, 2.75) is 95.3 Å². The minimum atomic E-state index is -3.67. The molecule has 0 bridgehead atoms. The van der Waals surface area contributed by atoms with Crippen molar-refractivity contribution < 1.29 is 27.2 Å². The van der Waals surface area contributed by atoms with Crippen molar-refractivity contribution in [1.29, 1.82) is 0 Å². The molecule has 0 heterocycles. The summed E-state index contributed by atoms with van der Waals surface area (Å²) in [4.78, 5) is 0. The minimum Gasteiger partial charge on any atom is -0.382 e. The van der Waals surface area contributed by atoms with Gasteiger partial charge >= 0.3 is 7.54 Å². The van der Waals surface area contributed by atoms with Crippen LogP contribution in [0.5, 0.6) is 0 Å². The Labute approximate surface area is 244 Å². The van der Waals surface area contributed by atoms with Crippen LogP contribution >= 0.6 is 75.8 Å². The van der Waals surface area contributed by atoms with E-state index in [1.807, 2.05) is 62.3 Å². The van der Waals surface area contributed by atoms with E-state index in [0.717, 1.165) is 58.9 Å². The maximum atomic E-state index is 9.67. The van der Waals surface area contributed by atoms with Gasteiger partial charge in [0.05, 0.1) is 0 Å². The lowest BCUT2D eigenvalue weighted by Gasteiger charge is -1.89. The second kappa shape index (κ2) is 59.7. The van der Waals surface area contributed by atoms with Crippen molar-refractivity contribution in [2.24, 2.45) is 0 Å². The van der Waals surface area contributed by atoms with Crippen molar-refractivity contribution in [1.82, 2.24) is 0 Å². The molecule has 0 saturated carbocycles. The Morgan fingerprint density at radius 2 is 0.529 bits per heavy atom. The van der Waals surface area contributed by atoms with Crippen LogP contribution in [-0.2, 0) is 14.2 Å². The predicted octanol–water partition coefficient (Wildman–Crippen LogP) is 8.75. The van der Waals surface area contributed by atoms with Gasteiger partial charge in [-0.3, -0.25) is 12.9 Å². The average Bonchev–Trinajstić information content (AvgIpc) is 2.77. The number of hydrogen-bond donors (Lipinski definition) is 6. The fourth-order valence-electron chi connectivity index (χ4n) is 0.612. The highest BCUT2D eigenvalue weighted by molar-refractivity contribution is 7.99. The highest BCUT2D eigenvalue weighted by Crippen LogP contribution is 2.02.